The van der Waals surface area contributed by atoms with Crippen LogP contribution in [0.15, 0.2) is 47.6 Å². The van der Waals surface area contributed by atoms with Gasteiger partial charge in [0.1, 0.15) is 0 Å². The molecule has 0 saturated heterocycles. The van der Waals surface area contributed by atoms with Gasteiger partial charge in [-0.1, -0.05) is 41.0 Å². The van der Waals surface area contributed by atoms with E-state index in [4.69, 9.17) is 23.2 Å². The van der Waals surface area contributed by atoms with Gasteiger partial charge in [-0.05, 0) is 46.8 Å². The van der Waals surface area contributed by atoms with Gasteiger partial charge >= 0.3 is 6.18 Å². The number of rotatable bonds is 5. The zero-order valence-corrected chi connectivity index (χ0v) is 16.1. The summed E-state index contributed by atoms with van der Waals surface area (Å²) in [4.78, 5) is 12.2. The first kappa shape index (κ1) is 20.4. The largest absolute Gasteiger partial charge is 0.418 e. The molecule has 0 spiro atoms. The summed E-state index contributed by atoms with van der Waals surface area (Å²) >= 11 is 12.6. The lowest BCUT2D eigenvalue weighted by molar-refractivity contribution is -0.137. The Morgan fingerprint density at radius 1 is 1.14 bits per heavy atom. The van der Waals surface area contributed by atoms with Gasteiger partial charge in [0.05, 0.1) is 27.7 Å². The van der Waals surface area contributed by atoms with Gasteiger partial charge in [0, 0.05) is 5.02 Å². The first-order chi connectivity index (χ1) is 13.3. The highest BCUT2D eigenvalue weighted by atomic mass is 35.5. The summed E-state index contributed by atoms with van der Waals surface area (Å²) in [7, 11) is 0. The number of hydrogen-bond donors (Lipinski definition) is 1. The number of carbonyl (C=O) groups excluding carboxylic acids is 1. The maximum Gasteiger partial charge on any atom is 0.418 e. The highest BCUT2D eigenvalue weighted by Crippen LogP contribution is 2.38. The predicted molar refractivity (Wildman–Crippen MR) is 100.0 cm³/mol. The minimum atomic E-state index is -4.65. The molecule has 3 aromatic rings. The standard InChI is InChI=1S/C16H10Cl2F3N5OS/c17-9-4-6-10(7-5-9)26-15(23-24-25-26)28-8-13(27)22-14-11(16(19,20)21)2-1-3-12(14)18/h1-7H,8H2,(H,22,27). The molecule has 1 heterocycles. The van der Waals surface area contributed by atoms with Crippen molar-refractivity contribution in [3.63, 3.8) is 0 Å². The number of tetrazole rings is 1. The quantitative estimate of drug-likeness (QED) is 0.572. The van der Waals surface area contributed by atoms with Crippen LogP contribution in [0.25, 0.3) is 5.69 Å². The Balaban J connectivity index is 1.72. The fraction of sp³-hybridized carbons (Fsp3) is 0.125. The van der Waals surface area contributed by atoms with Crippen molar-refractivity contribution in [2.75, 3.05) is 11.1 Å². The molecule has 146 valence electrons. The van der Waals surface area contributed by atoms with Crippen LogP contribution in [0.2, 0.25) is 10.0 Å². The van der Waals surface area contributed by atoms with Crippen molar-refractivity contribution < 1.29 is 18.0 Å². The predicted octanol–water partition coefficient (Wildman–Crippen LogP) is 4.72. The number of carbonyl (C=O) groups is 1. The number of hydrogen-bond acceptors (Lipinski definition) is 5. The van der Waals surface area contributed by atoms with Crippen molar-refractivity contribution in [3.05, 3.63) is 58.1 Å². The Hall–Kier alpha value is -2.30. The third kappa shape index (κ3) is 4.75. The molecule has 0 radical (unpaired) electrons. The van der Waals surface area contributed by atoms with Crippen LogP contribution < -0.4 is 5.32 Å². The Bertz CT molecular complexity index is 995. The van der Waals surface area contributed by atoms with Crippen molar-refractivity contribution in [2.24, 2.45) is 0 Å². The Morgan fingerprint density at radius 3 is 2.54 bits per heavy atom. The number of nitrogens with zero attached hydrogens (tertiary/aromatic N) is 4. The average molecular weight is 448 g/mol. The molecule has 0 aliphatic heterocycles. The van der Waals surface area contributed by atoms with Gasteiger partial charge in [-0.15, -0.1) is 5.10 Å². The molecule has 1 aromatic heterocycles. The second-order valence-corrected chi connectivity index (χ2v) is 7.13. The van der Waals surface area contributed by atoms with Crippen molar-refractivity contribution in [1.82, 2.24) is 20.2 Å². The molecule has 0 aliphatic carbocycles. The zero-order chi connectivity index (χ0) is 20.3. The fourth-order valence-corrected chi connectivity index (χ4v) is 3.24. The normalized spacial score (nSPS) is 11.5. The van der Waals surface area contributed by atoms with E-state index >= 15 is 0 Å². The lowest BCUT2D eigenvalue weighted by Crippen LogP contribution is -2.18. The molecule has 0 saturated carbocycles. The van der Waals surface area contributed by atoms with E-state index in [9.17, 15) is 18.0 Å². The number of nitrogens with one attached hydrogen (secondary N) is 1. The SMILES string of the molecule is O=C(CSc1nnnn1-c1ccc(Cl)cc1)Nc1c(Cl)cccc1C(F)(F)F. The second kappa shape index (κ2) is 8.38. The molecule has 12 heteroatoms. The summed E-state index contributed by atoms with van der Waals surface area (Å²) in [5.41, 5.74) is -0.897. The van der Waals surface area contributed by atoms with Crippen molar-refractivity contribution in [3.8, 4) is 5.69 Å². The molecular weight excluding hydrogens is 438 g/mol. The maximum atomic E-state index is 13.1. The van der Waals surface area contributed by atoms with Crippen LogP contribution in [0.4, 0.5) is 18.9 Å². The molecular formula is C16H10Cl2F3N5OS. The number of amides is 1. The molecule has 0 fully saturated rings. The number of thioether (sulfide) groups is 1. The van der Waals surface area contributed by atoms with Crippen LogP contribution in [-0.2, 0) is 11.0 Å². The van der Waals surface area contributed by atoms with Crippen LogP contribution in [0.1, 0.15) is 5.56 Å². The van der Waals surface area contributed by atoms with E-state index < -0.39 is 23.3 Å². The summed E-state index contributed by atoms with van der Waals surface area (Å²) in [6.07, 6.45) is -4.65. The first-order valence-corrected chi connectivity index (χ1v) is 9.32. The fourth-order valence-electron chi connectivity index (χ4n) is 2.21. The van der Waals surface area contributed by atoms with Gasteiger partial charge in [-0.25, -0.2) is 0 Å². The molecule has 6 nitrogen and oxygen atoms in total. The number of benzene rings is 2. The molecule has 28 heavy (non-hydrogen) atoms. The van der Waals surface area contributed by atoms with E-state index in [0.717, 1.165) is 23.9 Å². The number of para-hydroxylation sites is 1. The minimum Gasteiger partial charge on any atom is -0.324 e. The maximum absolute atomic E-state index is 13.1. The lowest BCUT2D eigenvalue weighted by Gasteiger charge is -2.15. The third-order valence-electron chi connectivity index (χ3n) is 3.43. The van der Waals surface area contributed by atoms with E-state index in [1.165, 1.54) is 10.7 Å². The van der Waals surface area contributed by atoms with Crippen LogP contribution in [0.3, 0.4) is 0 Å². The van der Waals surface area contributed by atoms with Crippen LogP contribution in [-0.4, -0.2) is 31.9 Å². The highest BCUT2D eigenvalue weighted by molar-refractivity contribution is 7.99. The monoisotopic (exact) mass is 447 g/mol. The molecule has 1 amide bonds. The van der Waals surface area contributed by atoms with Crippen molar-refractivity contribution in [2.45, 2.75) is 11.3 Å². The summed E-state index contributed by atoms with van der Waals surface area (Å²) in [5, 5.41) is 14.0. The van der Waals surface area contributed by atoms with E-state index in [2.05, 4.69) is 20.8 Å². The molecule has 0 unspecified atom stereocenters. The average Bonchev–Trinajstić information content (AvgIpc) is 3.10. The van der Waals surface area contributed by atoms with E-state index in [1.807, 2.05) is 0 Å². The van der Waals surface area contributed by atoms with Crippen LogP contribution in [0.5, 0.6) is 0 Å². The van der Waals surface area contributed by atoms with E-state index in [1.54, 1.807) is 24.3 Å². The van der Waals surface area contributed by atoms with Gasteiger partial charge < -0.3 is 5.32 Å². The smallest absolute Gasteiger partial charge is 0.324 e. The summed E-state index contributed by atoms with van der Waals surface area (Å²) in [6.45, 7) is 0. The molecule has 1 N–H and O–H groups in total. The lowest BCUT2D eigenvalue weighted by atomic mass is 10.1. The van der Waals surface area contributed by atoms with Crippen LogP contribution >= 0.6 is 35.0 Å². The second-order valence-electron chi connectivity index (χ2n) is 5.35. The Labute approximate surface area is 171 Å². The van der Waals surface area contributed by atoms with Crippen LogP contribution in [0, 0.1) is 0 Å². The first-order valence-electron chi connectivity index (χ1n) is 7.58. The highest BCUT2D eigenvalue weighted by Gasteiger charge is 2.34. The number of aromatic nitrogens is 4. The molecule has 0 atom stereocenters. The van der Waals surface area contributed by atoms with Crippen molar-refractivity contribution in [1.29, 1.82) is 0 Å². The Kier molecular flexibility index (Phi) is 6.11. The van der Waals surface area contributed by atoms with Gasteiger partial charge in [-0.2, -0.15) is 17.9 Å². The van der Waals surface area contributed by atoms with E-state index in [0.29, 0.717) is 10.7 Å². The van der Waals surface area contributed by atoms with Gasteiger partial charge in [0.2, 0.25) is 11.1 Å². The molecule has 0 aliphatic rings. The van der Waals surface area contributed by atoms with Crippen molar-refractivity contribution >= 4 is 46.6 Å². The zero-order valence-electron chi connectivity index (χ0n) is 13.7. The summed E-state index contributed by atoms with van der Waals surface area (Å²) in [5.74, 6) is -0.912. The van der Waals surface area contributed by atoms with Gasteiger partial charge in [0.15, 0.2) is 0 Å². The molecule has 3 rings (SSSR count). The summed E-state index contributed by atoms with van der Waals surface area (Å²) in [6, 6.07) is 9.93. The number of halogens is 5. The summed E-state index contributed by atoms with van der Waals surface area (Å²) < 4.78 is 40.7. The van der Waals surface area contributed by atoms with Gasteiger partial charge in [0.25, 0.3) is 0 Å². The van der Waals surface area contributed by atoms with Gasteiger partial charge in [-0.3, -0.25) is 4.79 Å². The molecule has 2 aromatic carbocycles. The number of alkyl halides is 3. The number of anilines is 1. The topological polar surface area (TPSA) is 72.7 Å². The Morgan fingerprint density at radius 2 is 1.86 bits per heavy atom. The third-order valence-corrected chi connectivity index (χ3v) is 4.91. The van der Waals surface area contributed by atoms with E-state index in [-0.39, 0.29) is 15.9 Å². The molecule has 0 bridgehead atoms. The minimum absolute atomic E-state index is 0.209.